The highest BCUT2D eigenvalue weighted by Gasteiger charge is 1.96. The molecule has 0 N–H and O–H groups in total. The van der Waals surface area contributed by atoms with Gasteiger partial charge in [0.25, 0.3) is 0 Å². The van der Waals surface area contributed by atoms with E-state index in [1.807, 2.05) is 0 Å². The van der Waals surface area contributed by atoms with E-state index in [1.165, 1.54) is 161 Å². The lowest BCUT2D eigenvalue weighted by Crippen LogP contribution is -2.12. The lowest BCUT2D eigenvalue weighted by molar-refractivity contribution is 0.389. The fraction of sp³-hybridized carbons (Fsp3) is 1.00. The molecule has 0 aliphatic heterocycles. The van der Waals surface area contributed by atoms with Gasteiger partial charge in [-0.15, -0.1) is 12.4 Å². The average molecular weight is 446 g/mol. The van der Waals surface area contributed by atoms with Crippen molar-refractivity contribution in [3.63, 3.8) is 0 Å². The summed E-state index contributed by atoms with van der Waals surface area (Å²) in [5.41, 5.74) is 0. The molecule has 0 bridgehead atoms. The second-order valence-corrected chi connectivity index (χ2v) is 9.94. The van der Waals surface area contributed by atoms with Gasteiger partial charge in [-0.2, -0.15) is 0 Å². The van der Waals surface area contributed by atoms with Crippen LogP contribution in [-0.4, -0.2) is 25.5 Å². The summed E-state index contributed by atoms with van der Waals surface area (Å²) in [6, 6.07) is 0. The maximum Gasteiger partial charge on any atom is -0.00248 e. The maximum absolute atomic E-state index is 2.30. The van der Waals surface area contributed by atoms with Crippen molar-refractivity contribution in [2.24, 2.45) is 0 Å². The molecule has 0 spiro atoms. The Balaban J connectivity index is 0. The van der Waals surface area contributed by atoms with Crippen LogP contribution in [0.15, 0.2) is 0 Å². The first-order valence-corrected chi connectivity index (χ1v) is 13.9. The molecule has 0 amide bonds. The minimum Gasteiger partial charge on any atom is -0.309 e. The summed E-state index contributed by atoms with van der Waals surface area (Å²) in [5.74, 6) is 0. The van der Waals surface area contributed by atoms with E-state index >= 15 is 0 Å². The quantitative estimate of drug-likeness (QED) is 0.126. The van der Waals surface area contributed by atoms with Crippen molar-refractivity contribution in [2.45, 2.75) is 161 Å². The minimum atomic E-state index is 0. The fourth-order valence-electron chi connectivity index (χ4n) is 4.39. The molecule has 0 unspecified atom stereocenters. The second-order valence-electron chi connectivity index (χ2n) is 9.94. The van der Waals surface area contributed by atoms with E-state index in [0.29, 0.717) is 0 Å². The molecule has 0 aromatic heterocycles. The number of hydrogen-bond donors (Lipinski definition) is 0. The van der Waals surface area contributed by atoms with Crippen molar-refractivity contribution >= 4 is 12.4 Å². The average Bonchev–Trinajstić information content (AvgIpc) is 2.71. The Morgan fingerprint density at radius 2 is 0.533 bits per heavy atom. The van der Waals surface area contributed by atoms with Gasteiger partial charge in [0.15, 0.2) is 0 Å². The third-order valence-corrected chi connectivity index (χ3v) is 6.46. The van der Waals surface area contributed by atoms with Crippen LogP contribution < -0.4 is 0 Å². The van der Waals surface area contributed by atoms with Crippen molar-refractivity contribution in [2.75, 3.05) is 20.6 Å². The first-order valence-electron chi connectivity index (χ1n) is 13.9. The summed E-state index contributed by atoms with van der Waals surface area (Å²) in [7, 11) is 4.36. The van der Waals surface area contributed by atoms with Crippen LogP contribution in [0.5, 0.6) is 0 Å². The Morgan fingerprint density at radius 1 is 0.333 bits per heavy atom. The Bertz CT molecular complexity index is 280. The van der Waals surface area contributed by atoms with Crippen molar-refractivity contribution in [1.82, 2.24) is 4.90 Å². The van der Waals surface area contributed by atoms with E-state index < -0.39 is 0 Å². The van der Waals surface area contributed by atoms with Gasteiger partial charge >= 0.3 is 0 Å². The van der Waals surface area contributed by atoms with E-state index in [9.17, 15) is 0 Å². The largest absolute Gasteiger partial charge is 0.309 e. The van der Waals surface area contributed by atoms with Crippen LogP contribution in [0, 0.1) is 0 Å². The van der Waals surface area contributed by atoms with Gasteiger partial charge in [-0.05, 0) is 27.1 Å². The molecule has 0 rings (SSSR count). The summed E-state index contributed by atoms with van der Waals surface area (Å²) >= 11 is 0. The molecule has 0 aromatic carbocycles. The molecular weight excluding hydrogens is 386 g/mol. The number of unbranched alkanes of at least 4 members (excludes halogenated alkanes) is 23. The van der Waals surface area contributed by atoms with Crippen LogP contribution in [0.4, 0.5) is 0 Å². The standard InChI is InChI=1S/C28H59N.ClH/c1-4-5-6-7-8-9-10-11-12-13-14-15-16-17-18-19-20-21-22-23-24-25-26-27-28-29(2)3;/h4-28H2,1-3H3;1H. The van der Waals surface area contributed by atoms with Crippen molar-refractivity contribution in [1.29, 1.82) is 0 Å². The smallest absolute Gasteiger partial charge is 0.00248 e. The summed E-state index contributed by atoms with van der Waals surface area (Å²) in [6.07, 6.45) is 35.3. The molecular formula is C28H60ClN. The molecule has 0 saturated carbocycles. The molecule has 0 saturated heterocycles. The number of nitrogens with zero attached hydrogens (tertiary/aromatic N) is 1. The highest BCUT2D eigenvalue weighted by Crippen LogP contribution is 2.15. The van der Waals surface area contributed by atoms with Gasteiger partial charge in [-0.3, -0.25) is 0 Å². The fourth-order valence-corrected chi connectivity index (χ4v) is 4.39. The van der Waals surface area contributed by atoms with Gasteiger partial charge < -0.3 is 4.90 Å². The van der Waals surface area contributed by atoms with Crippen LogP contribution >= 0.6 is 12.4 Å². The van der Waals surface area contributed by atoms with Crippen LogP contribution in [0.2, 0.25) is 0 Å². The lowest BCUT2D eigenvalue weighted by atomic mass is 10.0. The minimum absolute atomic E-state index is 0. The molecule has 0 fully saturated rings. The molecule has 30 heavy (non-hydrogen) atoms. The molecule has 1 nitrogen and oxygen atoms in total. The summed E-state index contributed by atoms with van der Waals surface area (Å²) in [5, 5.41) is 0. The van der Waals surface area contributed by atoms with Crippen molar-refractivity contribution in [3.8, 4) is 0 Å². The first kappa shape index (κ1) is 32.4. The zero-order chi connectivity index (χ0) is 21.3. The molecule has 0 aromatic rings. The number of hydrogen-bond acceptors (Lipinski definition) is 1. The monoisotopic (exact) mass is 445 g/mol. The second kappa shape index (κ2) is 29.2. The van der Waals surface area contributed by atoms with E-state index in [4.69, 9.17) is 0 Å². The van der Waals surface area contributed by atoms with E-state index in [2.05, 4.69) is 25.9 Å². The summed E-state index contributed by atoms with van der Waals surface area (Å²) in [4.78, 5) is 2.30. The van der Waals surface area contributed by atoms with Gasteiger partial charge in [-0.1, -0.05) is 155 Å². The Hall–Kier alpha value is 0.250. The molecule has 0 atom stereocenters. The van der Waals surface area contributed by atoms with Crippen molar-refractivity contribution < 1.29 is 0 Å². The van der Waals surface area contributed by atoms with Gasteiger partial charge in [0, 0.05) is 0 Å². The predicted octanol–water partition coefficient (Wildman–Crippen LogP) is 10.4. The number of rotatable bonds is 25. The SMILES string of the molecule is CCCCCCCCCCCCCCCCCCCCCCCCCCN(C)C.Cl. The molecule has 0 aliphatic rings. The third-order valence-electron chi connectivity index (χ3n) is 6.46. The number of halogens is 1. The Labute approximate surface area is 199 Å². The highest BCUT2D eigenvalue weighted by atomic mass is 35.5. The first-order chi connectivity index (χ1) is 14.3. The summed E-state index contributed by atoms with van der Waals surface area (Å²) < 4.78 is 0. The topological polar surface area (TPSA) is 3.24 Å². The van der Waals surface area contributed by atoms with E-state index in [-0.39, 0.29) is 12.4 Å². The van der Waals surface area contributed by atoms with Gasteiger partial charge in [0.2, 0.25) is 0 Å². The molecule has 0 heterocycles. The summed E-state index contributed by atoms with van der Waals surface area (Å²) in [6.45, 7) is 3.57. The van der Waals surface area contributed by atoms with Crippen LogP contribution in [0.3, 0.4) is 0 Å². The van der Waals surface area contributed by atoms with E-state index in [1.54, 1.807) is 0 Å². The van der Waals surface area contributed by atoms with Gasteiger partial charge in [0.05, 0.1) is 0 Å². The van der Waals surface area contributed by atoms with Gasteiger partial charge in [0.1, 0.15) is 0 Å². The van der Waals surface area contributed by atoms with Crippen molar-refractivity contribution in [3.05, 3.63) is 0 Å². The third kappa shape index (κ3) is 30.4. The lowest BCUT2D eigenvalue weighted by Gasteiger charge is -2.08. The molecule has 184 valence electrons. The maximum atomic E-state index is 2.30. The Kier molecular flexibility index (Phi) is 31.6. The highest BCUT2D eigenvalue weighted by molar-refractivity contribution is 5.85. The predicted molar refractivity (Wildman–Crippen MR) is 142 cm³/mol. The molecule has 0 radical (unpaired) electrons. The zero-order valence-electron chi connectivity index (χ0n) is 21.5. The van der Waals surface area contributed by atoms with Crippen LogP contribution in [0.25, 0.3) is 0 Å². The van der Waals surface area contributed by atoms with Crippen LogP contribution in [-0.2, 0) is 0 Å². The van der Waals surface area contributed by atoms with Crippen LogP contribution in [0.1, 0.15) is 161 Å². The van der Waals surface area contributed by atoms with E-state index in [0.717, 1.165) is 0 Å². The Morgan fingerprint density at radius 3 is 0.733 bits per heavy atom. The molecule has 0 aliphatic carbocycles. The zero-order valence-corrected chi connectivity index (χ0v) is 22.3. The molecule has 2 heteroatoms. The van der Waals surface area contributed by atoms with Gasteiger partial charge in [-0.25, -0.2) is 0 Å². The normalized spacial score (nSPS) is 11.2.